The summed E-state index contributed by atoms with van der Waals surface area (Å²) in [6, 6.07) is 8.38. The fraction of sp³-hybridized carbons (Fsp3) is 0.167. The average Bonchev–Trinajstić information content (AvgIpc) is 3.36. The molecule has 5 nitrogen and oxygen atoms in total. The molecule has 0 aliphatic rings. The summed E-state index contributed by atoms with van der Waals surface area (Å²) in [5.41, 5.74) is 4.62. The Bertz CT molecular complexity index is 988. The van der Waals surface area contributed by atoms with Crippen LogP contribution in [-0.4, -0.2) is 19.7 Å². The van der Waals surface area contributed by atoms with Crippen molar-refractivity contribution in [1.82, 2.24) is 19.7 Å². The number of imidazole rings is 1. The van der Waals surface area contributed by atoms with Crippen LogP contribution in [0.4, 0.5) is 0 Å². The van der Waals surface area contributed by atoms with E-state index in [1.54, 1.807) is 23.1 Å². The molecule has 0 N–H and O–H groups in total. The Morgan fingerprint density at radius 3 is 2.92 bits per heavy atom. The first-order valence-electron chi connectivity index (χ1n) is 7.79. The van der Waals surface area contributed by atoms with Crippen LogP contribution in [-0.2, 0) is 5.75 Å². The van der Waals surface area contributed by atoms with Gasteiger partial charge in [-0.3, -0.25) is 4.57 Å². The lowest BCUT2D eigenvalue weighted by Crippen LogP contribution is -1.97. The van der Waals surface area contributed by atoms with Crippen LogP contribution in [0.15, 0.2) is 57.1 Å². The van der Waals surface area contributed by atoms with Gasteiger partial charge in [0.2, 0.25) is 0 Å². The monoisotopic (exact) mass is 368 g/mol. The molecule has 3 heterocycles. The Morgan fingerprint density at radius 1 is 1.20 bits per heavy atom. The SMILES string of the molecule is Cc1ccc(-n2ccnc2SCc2noc(-c3ccsc3)n2)cc1C. The highest BCUT2D eigenvalue weighted by molar-refractivity contribution is 7.98. The standard InChI is InChI=1S/C18H16N4OS2/c1-12-3-4-15(9-13(12)2)22-7-6-19-18(22)25-11-16-20-17(23-21-16)14-5-8-24-10-14/h3-10H,11H2,1-2H3. The number of nitrogens with zero attached hydrogens (tertiary/aromatic N) is 4. The third kappa shape index (κ3) is 3.38. The molecule has 4 rings (SSSR count). The fourth-order valence-corrected chi connectivity index (χ4v) is 3.86. The molecule has 0 saturated heterocycles. The van der Waals surface area contributed by atoms with Gasteiger partial charge in [-0.1, -0.05) is 23.0 Å². The molecule has 0 unspecified atom stereocenters. The van der Waals surface area contributed by atoms with Crippen LogP contribution < -0.4 is 0 Å². The van der Waals surface area contributed by atoms with E-state index in [2.05, 4.69) is 51.7 Å². The molecule has 0 aliphatic carbocycles. The molecule has 0 bridgehead atoms. The molecule has 7 heteroatoms. The second-order valence-corrected chi connectivity index (χ2v) is 7.39. The molecule has 3 aromatic heterocycles. The maximum Gasteiger partial charge on any atom is 0.258 e. The van der Waals surface area contributed by atoms with Crippen molar-refractivity contribution in [2.24, 2.45) is 0 Å². The van der Waals surface area contributed by atoms with Crippen molar-refractivity contribution < 1.29 is 4.52 Å². The summed E-state index contributed by atoms with van der Waals surface area (Å²) in [5, 5.41) is 8.96. The van der Waals surface area contributed by atoms with Gasteiger partial charge in [-0.2, -0.15) is 16.3 Å². The average molecular weight is 368 g/mol. The minimum atomic E-state index is 0.564. The molecule has 0 spiro atoms. The van der Waals surface area contributed by atoms with E-state index >= 15 is 0 Å². The summed E-state index contributed by atoms with van der Waals surface area (Å²) in [5.74, 6) is 1.84. The fourth-order valence-electron chi connectivity index (χ4n) is 2.41. The Kier molecular flexibility index (Phi) is 4.42. The number of aryl methyl sites for hydroxylation is 2. The van der Waals surface area contributed by atoms with Crippen LogP contribution in [0.25, 0.3) is 17.1 Å². The zero-order chi connectivity index (χ0) is 17.2. The lowest BCUT2D eigenvalue weighted by atomic mass is 10.1. The third-order valence-electron chi connectivity index (χ3n) is 3.94. The number of thiophene rings is 1. The zero-order valence-corrected chi connectivity index (χ0v) is 15.5. The molecule has 0 aliphatic heterocycles. The highest BCUT2D eigenvalue weighted by atomic mass is 32.2. The topological polar surface area (TPSA) is 56.7 Å². The van der Waals surface area contributed by atoms with E-state index in [-0.39, 0.29) is 0 Å². The predicted octanol–water partition coefficient (Wildman–Crippen LogP) is 4.89. The number of rotatable bonds is 5. The Morgan fingerprint density at radius 2 is 2.12 bits per heavy atom. The van der Waals surface area contributed by atoms with Gasteiger partial charge in [0.25, 0.3) is 5.89 Å². The van der Waals surface area contributed by atoms with Crippen molar-refractivity contribution >= 4 is 23.1 Å². The van der Waals surface area contributed by atoms with Crippen LogP contribution in [0.5, 0.6) is 0 Å². The van der Waals surface area contributed by atoms with Crippen molar-refractivity contribution in [3.05, 3.63) is 64.4 Å². The second kappa shape index (κ2) is 6.85. The molecular formula is C18H16N4OS2. The Labute approximate surface area is 153 Å². The smallest absolute Gasteiger partial charge is 0.258 e. The van der Waals surface area contributed by atoms with Crippen molar-refractivity contribution in [3.63, 3.8) is 0 Å². The van der Waals surface area contributed by atoms with Crippen LogP contribution in [0.3, 0.4) is 0 Å². The highest BCUT2D eigenvalue weighted by Gasteiger charge is 2.12. The quantitative estimate of drug-likeness (QED) is 0.469. The van der Waals surface area contributed by atoms with Gasteiger partial charge in [0.15, 0.2) is 11.0 Å². The summed E-state index contributed by atoms with van der Waals surface area (Å²) in [7, 11) is 0. The second-order valence-electron chi connectivity index (χ2n) is 5.66. The largest absolute Gasteiger partial charge is 0.334 e. The maximum absolute atomic E-state index is 5.33. The van der Waals surface area contributed by atoms with Gasteiger partial charge in [-0.25, -0.2) is 4.98 Å². The van der Waals surface area contributed by atoms with Gasteiger partial charge >= 0.3 is 0 Å². The summed E-state index contributed by atoms with van der Waals surface area (Å²) < 4.78 is 7.41. The minimum Gasteiger partial charge on any atom is -0.334 e. The number of hydrogen-bond acceptors (Lipinski definition) is 6. The zero-order valence-electron chi connectivity index (χ0n) is 13.8. The van der Waals surface area contributed by atoms with E-state index in [4.69, 9.17) is 4.52 Å². The Hall–Kier alpha value is -2.38. The van der Waals surface area contributed by atoms with E-state index in [0.29, 0.717) is 17.5 Å². The van der Waals surface area contributed by atoms with Gasteiger partial charge in [0.05, 0.1) is 11.3 Å². The predicted molar refractivity (Wildman–Crippen MR) is 100 cm³/mol. The van der Waals surface area contributed by atoms with E-state index < -0.39 is 0 Å². The van der Waals surface area contributed by atoms with Crippen LogP contribution >= 0.6 is 23.1 Å². The first kappa shape index (κ1) is 16.1. The first-order chi connectivity index (χ1) is 12.2. The van der Waals surface area contributed by atoms with Gasteiger partial charge < -0.3 is 4.52 Å². The van der Waals surface area contributed by atoms with Crippen molar-refractivity contribution in [3.8, 4) is 17.1 Å². The lowest BCUT2D eigenvalue weighted by molar-refractivity contribution is 0.425. The maximum atomic E-state index is 5.33. The molecule has 4 aromatic rings. The van der Waals surface area contributed by atoms with E-state index in [1.807, 2.05) is 29.2 Å². The molecular weight excluding hydrogens is 352 g/mol. The highest BCUT2D eigenvalue weighted by Crippen LogP contribution is 2.26. The van der Waals surface area contributed by atoms with Crippen LogP contribution in [0.1, 0.15) is 17.0 Å². The van der Waals surface area contributed by atoms with E-state index in [9.17, 15) is 0 Å². The van der Waals surface area contributed by atoms with Crippen molar-refractivity contribution in [2.45, 2.75) is 24.8 Å². The molecule has 0 radical (unpaired) electrons. The summed E-state index contributed by atoms with van der Waals surface area (Å²) in [6.07, 6.45) is 3.78. The van der Waals surface area contributed by atoms with E-state index in [0.717, 1.165) is 16.4 Å². The minimum absolute atomic E-state index is 0.564. The van der Waals surface area contributed by atoms with Gasteiger partial charge in [-0.05, 0) is 48.6 Å². The number of aromatic nitrogens is 4. The van der Waals surface area contributed by atoms with Gasteiger partial charge in [-0.15, -0.1) is 0 Å². The van der Waals surface area contributed by atoms with Gasteiger partial charge in [0.1, 0.15) is 0 Å². The first-order valence-corrected chi connectivity index (χ1v) is 9.72. The summed E-state index contributed by atoms with van der Waals surface area (Å²) in [6.45, 7) is 4.23. The van der Waals surface area contributed by atoms with E-state index in [1.165, 1.54) is 11.1 Å². The molecule has 1 aromatic carbocycles. The lowest BCUT2D eigenvalue weighted by Gasteiger charge is -2.09. The van der Waals surface area contributed by atoms with Gasteiger partial charge in [0, 0.05) is 23.5 Å². The van der Waals surface area contributed by atoms with Crippen LogP contribution in [0, 0.1) is 13.8 Å². The molecule has 0 amide bonds. The molecule has 0 fully saturated rings. The van der Waals surface area contributed by atoms with Crippen molar-refractivity contribution in [2.75, 3.05) is 0 Å². The molecule has 126 valence electrons. The Balaban J connectivity index is 1.51. The number of benzene rings is 1. The molecule has 0 saturated carbocycles. The third-order valence-corrected chi connectivity index (χ3v) is 5.59. The number of thioether (sulfide) groups is 1. The summed E-state index contributed by atoms with van der Waals surface area (Å²) in [4.78, 5) is 8.91. The normalized spacial score (nSPS) is 11.1. The number of hydrogen-bond donors (Lipinski definition) is 0. The summed E-state index contributed by atoms with van der Waals surface area (Å²) >= 11 is 3.20. The molecule has 0 atom stereocenters. The van der Waals surface area contributed by atoms with Crippen molar-refractivity contribution in [1.29, 1.82) is 0 Å². The van der Waals surface area contributed by atoms with Crippen LogP contribution in [0.2, 0.25) is 0 Å². The molecule has 25 heavy (non-hydrogen) atoms.